The molecule has 1 rings (SSSR count). The minimum absolute atomic E-state index is 0.0126. The molecule has 5 nitrogen and oxygen atoms in total. The Morgan fingerprint density at radius 1 is 1.57 bits per heavy atom. The van der Waals surface area contributed by atoms with Crippen molar-refractivity contribution in [2.75, 3.05) is 11.9 Å². The van der Waals surface area contributed by atoms with Crippen molar-refractivity contribution in [1.29, 1.82) is 0 Å². The number of nitrogens with two attached hydrogens (primary N) is 1. The Labute approximate surface area is 86.7 Å². The van der Waals surface area contributed by atoms with Crippen molar-refractivity contribution in [2.45, 2.75) is 0 Å². The number of nitrogens with zero attached hydrogens (tertiary/aromatic N) is 1. The van der Waals surface area contributed by atoms with Crippen molar-refractivity contribution in [2.24, 2.45) is 5.73 Å². The van der Waals surface area contributed by atoms with Crippen molar-refractivity contribution in [1.82, 2.24) is 10.3 Å². The Kier molecular flexibility index (Phi) is 3.81. The number of rotatable bonds is 3. The van der Waals surface area contributed by atoms with E-state index in [9.17, 15) is 4.79 Å². The first-order valence-corrected chi connectivity index (χ1v) is 4.33. The molecule has 6 heteroatoms. The summed E-state index contributed by atoms with van der Waals surface area (Å²) in [6.07, 6.45) is 1.64. The Hall–Kier alpha value is -1.69. The van der Waals surface area contributed by atoms with Crippen LogP contribution in [0.1, 0.15) is 0 Å². The fourth-order valence-electron chi connectivity index (χ4n) is 0.765. The molecule has 0 radical (unpaired) electrons. The van der Waals surface area contributed by atoms with Crippen LogP contribution in [0.5, 0.6) is 0 Å². The van der Waals surface area contributed by atoms with Gasteiger partial charge in [0.05, 0.1) is 6.54 Å². The van der Waals surface area contributed by atoms with Gasteiger partial charge in [0.15, 0.2) is 5.11 Å². The maximum atomic E-state index is 10.4. The lowest BCUT2D eigenvalue weighted by atomic mass is 10.5. The van der Waals surface area contributed by atoms with Crippen molar-refractivity contribution in [3.05, 3.63) is 24.4 Å². The summed E-state index contributed by atoms with van der Waals surface area (Å²) in [7, 11) is 0. The van der Waals surface area contributed by atoms with Crippen LogP contribution in [0.4, 0.5) is 5.82 Å². The number of nitrogens with one attached hydrogen (secondary N) is 2. The fraction of sp³-hybridized carbons (Fsp3) is 0.125. The highest BCUT2D eigenvalue weighted by Crippen LogP contribution is 1.98. The number of amides is 1. The third kappa shape index (κ3) is 3.81. The van der Waals surface area contributed by atoms with Crippen LogP contribution in [0.2, 0.25) is 0 Å². The summed E-state index contributed by atoms with van der Waals surface area (Å²) in [5.41, 5.74) is 4.93. The summed E-state index contributed by atoms with van der Waals surface area (Å²) < 4.78 is 0. The summed E-state index contributed by atoms with van der Waals surface area (Å²) >= 11 is 4.88. The molecule has 0 aliphatic heterocycles. The Morgan fingerprint density at radius 3 is 2.93 bits per heavy atom. The monoisotopic (exact) mass is 210 g/mol. The van der Waals surface area contributed by atoms with Gasteiger partial charge in [0.2, 0.25) is 5.91 Å². The zero-order valence-electron chi connectivity index (χ0n) is 7.36. The second kappa shape index (κ2) is 5.13. The van der Waals surface area contributed by atoms with Crippen LogP contribution in [-0.4, -0.2) is 22.5 Å². The number of hydrogen-bond donors (Lipinski definition) is 3. The molecule has 0 saturated heterocycles. The standard InChI is InChI=1S/C8H10N4OS/c9-6(13)5-11-8(14)12-7-3-1-2-4-10-7/h1-4H,5H2,(H2,9,13)(H2,10,11,12,14). The van der Waals surface area contributed by atoms with Gasteiger partial charge in [-0.25, -0.2) is 4.98 Å². The molecular weight excluding hydrogens is 200 g/mol. The number of hydrogen-bond acceptors (Lipinski definition) is 3. The molecule has 0 bridgehead atoms. The summed E-state index contributed by atoms with van der Waals surface area (Å²) in [5, 5.41) is 5.76. The number of anilines is 1. The molecule has 0 atom stereocenters. The van der Waals surface area contributed by atoms with Gasteiger partial charge in [-0.2, -0.15) is 0 Å². The van der Waals surface area contributed by atoms with Gasteiger partial charge in [-0.15, -0.1) is 0 Å². The van der Waals surface area contributed by atoms with E-state index in [4.69, 9.17) is 18.0 Å². The maximum absolute atomic E-state index is 10.4. The molecule has 0 aromatic carbocycles. The van der Waals surface area contributed by atoms with E-state index in [-0.39, 0.29) is 6.54 Å². The fourth-order valence-corrected chi connectivity index (χ4v) is 0.941. The number of carbonyl (C=O) groups is 1. The first-order chi connectivity index (χ1) is 6.68. The summed E-state index contributed by atoms with van der Waals surface area (Å²) in [6, 6.07) is 5.38. The smallest absolute Gasteiger partial charge is 0.236 e. The quantitative estimate of drug-likeness (QED) is 0.605. The highest BCUT2D eigenvalue weighted by molar-refractivity contribution is 7.80. The number of carbonyl (C=O) groups excluding carboxylic acids is 1. The highest BCUT2D eigenvalue weighted by atomic mass is 32.1. The molecule has 14 heavy (non-hydrogen) atoms. The van der Waals surface area contributed by atoms with E-state index in [0.29, 0.717) is 10.9 Å². The Morgan fingerprint density at radius 2 is 2.36 bits per heavy atom. The van der Waals surface area contributed by atoms with Gasteiger partial charge in [-0.05, 0) is 24.4 Å². The second-order valence-corrected chi connectivity index (χ2v) is 2.90. The summed E-state index contributed by atoms with van der Waals surface area (Å²) in [4.78, 5) is 14.4. The number of thiocarbonyl (C=S) groups is 1. The molecule has 0 saturated carbocycles. The molecule has 1 heterocycles. The molecular formula is C8H10N4OS. The van der Waals surface area contributed by atoms with Crippen LogP contribution in [0, 0.1) is 0 Å². The van der Waals surface area contributed by atoms with E-state index in [2.05, 4.69) is 15.6 Å². The van der Waals surface area contributed by atoms with Crippen LogP contribution in [0.15, 0.2) is 24.4 Å². The molecule has 4 N–H and O–H groups in total. The average molecular weight is 210 g/mol. The van der Waals surface area contributed by atoms with E-state index in [1.807, 2.05) is 6.07 Å². The number of pyridine rings is 1. The number of primary amides is 1. The zero-order chi connectivity index (χ0) is 10.4. The summed E-state index contributed by atoms with van der Waals surface area (Å²) in [5.74, 6) is 0.157. The molecule has 1 aromatic rings. The van der Waals surface area contributed by atoms with Gasteiger partial charge in [0.1, 0.15) is 5.82 Å². The largest absolute Gasteiger partial charge is 0.368 e. The van der Waals surface area contributed by atoms with Crippen molar-refractivity contribution in [3.8, 4) is 0 Å². The Balaban J connectivity index is 2.38. The van der Waals surface area contributed by atoms with Crippen molar-refractivity contribution < 1.29 is 4.79 Å². The SMILES string of the molecule is NC(=O)CNC(=S)Nc1ccccn1. The van der Waals surface area contributed by atoms with Crippen LogP contribution in [0.3, 0.4) is 0 Å². The van der Waals surface area contributed by atoms with E-state index >= 15 is 0 Å². The lowest BCUT2D eigenvalue weighted by molar-refractivity contribution is -0.116. The normalized spacial score (nSPS) is 9.14. The van der Waals surface area contributed by atoms with Gasteiger partial charge in [-0.3, -0.25) is 4.79 Å². The maximum Gasteiger partial charge on any atom is 0.236 e. The molecule has 74 valence electrons. The lowest BCUT2D eigenvalue weighted by Gasteiger charge is -2.07. The molecule has 0 unspecified atom stereocenters. The summed E-state index contributed by atoms with van der Waals surface area (Å²) in [6.45, 7) is 0.0126. The zero-order valence-corrected chi connectivity index (χ0v) is 8.17. The van der Waals surface area contributed by atoms with Crippen LogP contribution in [-0.2, 0) is 4.79 Å². The predicted molar refractivity (Wildman–Crippen MR) is 57.7 cm³/mol. The second-order valence-electron chi connectivity index (χ2n) is 2.49. The molecule has 0 aliphatic rings. The minimum Gasteiger partial charge on any atom is -0.368 e. The molecule has 0 fully saturated rings. The van der Waals surface area contributed by atoms with Crippen molar-refractivity contribution in [3.63, 3.8) is 0 Å². The molecule has 0 spiro atoms. The molecule has 0 aliphatic carbocycles. The Bertz CT molecular complexity index is 327. The van der Waals surface area contributed by atoms with Crippen LogP contribution in [0.25, 0.3) is 0 Å². The van der Waals surface area contributed by atoms with Crippen LogP contribution < -0.4 is 16.4 Å². The van der Waals surface area contributed by atoms with Gasteiger partial charge < -0.3 is 16.4 Å². The first-order valence-electron chi connectivity index (χ1n) is 3.92. The van der Waals surface area contributed by atoms with Gasteiger partial charge in [0, 0.05) is 6.20 Å². The molecule has 1 amide bonds. The van der Waals surface area contributed by atoms with Crippen molar-refractivity contribution >= 4 is 29.1 Å². The third-order valence-electron chi connectivity index (χ3n) is 1.33. The van der Waals surface area contributed by atoms with E-state index in [1.54, 1.807) is 18.3 Å². The molecule has 1 aromatic heterocycles. The van der Waals surface area contributed by atoms with E-state index < -0.39 is 5.91 Å². The third-order valence-corrected chi connectivity index (χ3v) is 1.58. The minimum atomic E-state index is -0.463. The highest BCUT2D eigenvalue weighted by Gasteiger charge is 1.98. The average Bonchev–Trinajstić information content (AvgIpc) is 2.16. The predicted octanol–water partition coefficient (Wildman–Crippen LogP) is -0.147. The van der Waals surface area contributed by atoms with Gasteiger partial charge in [0.25, 0.3) is 0 Å². The van der Waals surface area contributed by atoms with Gasteiger partial charge in [-0.1, -0.05) is 6.07 Å². The van der Waals surface area contributed by atoms with Gasteiger partial charge >= 0.3 is 0 Å². The number of aromatic nitrogens is 1. The first kappa shape index (κ1) is 10.4. The van der Waals surface area contributed by atoms with Crippen LogP contribution >= 0.6 is 12.2 Å². The lowest BCUT2D eigenvalue weighted by Crippen LogP contribution is -2.36. The van der Waals surface area contributed by atoms with E-state index in [0.717, 1.165) is 0 Å². The topological polar surface area (TPSA) is 80.0 Å². The van der Waals surface area contributed by atoms with E-state index in [1.165, 1.54) is 0 Å².